The number of nitrogens with zero attached hydrogens (tertiary/aromatic N) is 4. The maximum atomic E-state index is 12.3. The molecule has 4 atom stereocenters. The zero-order chi connectivity index (χ0) is 16.2. The van der Waals surface area contributed by atoms with Gasteiger partial charge < -0.3 is 15.8 Å². The Labute approximate surface area is 136 Å². The summed E-state index contributed by atoms with van der Waals surface area (Å²) in [4.78, 5) is 14.8. The second kappa shape index (κ2) is 7.37. The van der Waals surface area contributed by atoms with Gasteiger partial charge in [0.25, 0.3) is 0 Å². The first-order chi connectivity index (χ1) is 11.2. The van der Waals surface area contributed by atoms with Crippen molar-refractivity contribution in [3.05, 3.63) is 11.9 Å². The number of amides is 1. The summed E-state index contributed by atoms with van der Waals surface area (Å²) in [5.74, 6) is 0.735. The lowest BCUT2D eigenvalue weighted by atomic mass is 9.75. The lowest BCUT2D eigenvalue weighted by Gasteiger charge is -2.49. The van der Waals surface area contributed by atoms with Crippen LogP contribution in [0, 0.1) is 11.8 Å². The zero-order valence-corrected chi connectivity index (χ0v) is 13.6. The number of fused-ring (bicyclic) bond motifs is 3. The molecule has 0 aliphatic carbocycles. The van der Waals surface area contributed by atoms with Gasteiger partial charge in [-0.3, -0.25) is 14.4 Å². The largest absolute Gasteiger partial charge is 0.383 e. The number of hydrogen-bond donors (Lipinski definition) is 2. The third-order valence-electron chi connectivity index (χ3n) is 5.01. The molecule has 3 saturated heterocycles. The van der Waals surface area contributed by atoms with E-state index in [0.29, 0.717) is 31.7 Å². The van der Waals surface area contributed by atoms with Crippen molar-refractivity contribution >= 4 is 5.91 Å². The van der Waals surface area contributed by atoms with Crippen molar-refractivity contribution in [1.82, 2.24) is 25.2 Å². The average Bonchev–Trinajstić information content (AvgIpc) is 3.03. The van der Waals surface area contributed by atoms with E-state index in [9.17, 15) is 4.79 Å². The maximum absolute atomic E-state index is 12.3. The molecule has 0 radical (unpaired) electrons. The Morgan fingerprint density at radius 3 is 3.09 bits per heavy atom. The highest BCUT2D eigenvalue weighted by molar-refractivity contribution is 5.79. The standard InChI is InChI=1S/C15H26N6O2/c1-23-5-3-17-15(22)14-10-20-4-2-11(14)6-13(20)9-21-8-12(7-16)18-19-21/h8,11,13-14H,2-7,9-10,16H2,1H3,(H,17,22)/t11-,13-,14+/m1/s1. The molecule has 2 bridgehead atoms. The van der Waals surface area contributed by atoms with E-state index < -0.39 is 0 Å². The van der Waals surface area contributed by atoms with Crippen LogP contribution in [0.4, 0.5) is 0 Å². The molecule has 3 N–H and O–H groups in total. The maximum Gasteiger partial charge on any atom is 0.224 e. The van der Waals surface area contributed by atoms with Gasteiger partial charge in [-0.1, -0.05) is 5.21 Å². The van der Waals surface area contributed by atoms with Crippen molar-refractivity contribution in [2.75, 3.05) is 33.4 Å². The van der Waals surface area contributed by atoms with Crippen LogP contribution in [0.5, 0.6) is 0 Å². The van der Waals surface area contributed by atoms with E-state index in [2.05, 4.69) is 20.5 Å². The van der Waals surface area contributed by atoms with Crippen molar-refractivity contribution in [1.29, 1.82) is 0 Å². The third-order valence-corrected chi connectivity index (χ3v) is 5.01. The molecule has 4 heterocycles. The highest BCUT2D eigenvalue weighted by atomic mass is 16.5. The summed E-state index contributed by atoms with van der Waals surface area (Å²) < 4.78 is 6.86. The summed E-state index contributed by atoms with van der Waals surface area (Å²) >= 11 is 0. The van der Waals surface area contributed by atoms with Gasteiger partial charge >= 0.3 is 0 Å². The molecular weight excluding hydrogens is 296 g/mol. The minimum Gasteiger partial charge on any atom is -0.383 e. The number of nitrogens with two attached hydrogens (primary N) is 1. The number of methoxy groups -OCH3 is 1. The predicted octanol–water partition coefficient (Wildman–Crippen LogP) is -0.790. The van der Waals surface area contributed by atoms with Crippen LogP contribution in [0.1, 0.15) is 18.5 Å². The summed E-state index contributed by atoms with van der Waals surface area (Å²) in [5.41, 5.74) is 6.39. The Morgan fingerprint density at radius 2 is 2.43 bits per heavy atom. The number of piperidine rings is 3. The zero-order valence-electron chi connectivity index (χ0n) is 13.6. The van der Waals surface area contributed by atoms with E-state index in [4.69, 9.17) is 10.5 Å². The number of nitrogens with one attached hydrogen (secondary N) is 1. The molecule has 4 rings (SSSR count). The van der Waals surface area contributed by atoms with E-state index in [1.165, 1.54) is 0 Å². The molecule has 0 spiro atoms. The molecule has 0 saturated carbocycles. The number of ether oxygens (including phenoxy) is 1. The normalized spacial score (nSPS) is 29.7. The molecule has 1 amide bonds. The van der Waals surface area contributed by atoms with E-state index in [1.807, 2.05) is 10.9 Å². The quantitative estimate of drug-likeness (QED) is 0.639. The van der Waals surface area contributed by atoms with Gasteiger partial charge in [-0.15, -0.1) is 5.10 Å². The van der Waals surface area contributed by atoms with Crippen molar-refractivity contribution < 1.29 is 9.53 Å². The van der Waals surface area contributed by atoms with E-state index in [0.717, 1.165) is 38.2 Å². The van der Waals surface area contributed by atoms with Crippen molar-refractivity contribution in [2.24, 2.45) is 17.6 Å². The van der Waals surface area contributed by atoms with Crippen molar-refractivity contribution in [3.8, 4) is 0 Å². The lowest BCUT2D eigenvalue weighted by molar-refractivity contribution is -0.133. The first-order valence-electron chi connectivity index (χ1n) is 8.31. The van der Waals surface area contributed by atoms with Crippen LogP contribution in [0.3, 0.4) is 0 Å². The Kier molecular flexibility index (Phi) is 5.24. The molecule has 1 aromatic heterocycles. The Morgan fingerprint density at radius 1 is 1.57 bits per heavy atom. The highest BCUT2D eigenvalue weighted by Gasteiger charge is 2.43. The van der Waals surface area contributed by atoms with Gasteiger partial charge in [-0.05, 0) is 25.3 Å². The van der Waals surface area contributed by atoms with Crippen molar-refractivity contribution in [2.45, 2.75) is 32.0 Å². The summed E-state index contributed by atoms with van der Waals surface area (Å²) in [5, 5.41) is 11.2. The molecular formula is C15H26N6O2. The molecule has 0 aromatic carbocycles. The number of carbonyl (C=O) groups excluding carboxylic acids is 1. The van der Waals surface area contributed by atoms with Crippen molar-refractivity contribution in [3.63, 3.8) is 0 Å². The van der Waals surface area contributed by atoms with Gasteiger partial charge in [0.05, 0.1) is 24.8 Å². The summed E-state index contributed by atoms with van der Waals surface area (Å²) in [7, 11) is 1.64. The van der Waals surface area contributed by atoms with Crippen LogP contribution in [0.2, 0.25) is 0 Å². The molecule has 3 aliphatic heterocycles. The average molecular weight is 322 g/mol. The Bertz CT molecular complexity index is 534. The Hall–Kier alpha value is -1.51. The summed E-state index contributed by atoms with van der Waals surface area (Å²) in [6.07, 6.45) is 4.06. The molecule has 8 heteroatoms. The summed E-state index contributed by atoms with van der Waals surface area (Å²) in [6.45, 7) is 4.29. The van der Waals surface area contributed by atoms with Gasteiger partial charge in [0.1, 0.15) is 0 Å². The van der Waals surface area contributed by atoms with E-state index >= 15 is 0 Å². The fourth-order valence-electron chi connectivity index (χ4n) is 3.77. The number of aromatic nitrogens is 3. The van der Waals surface area contributed by atoms with Crippen LogP contribution in [-0.2, 0) is 22.6 Å². The van der Waals surface area contributed by atoms with Gasteiger partial charge in [0, 0.05) is 39.0 Å². The minimum absolute atomic E-state index is 0.104. The number of hydrogen-bond acceptors (Lipinski definition) is 6. The smallest absolute Gasteiger partial charge is 0.224 e. The van der Waals surface area contributed by atoms with Gasteiger partial charge in [-0.25, -0.2) is 0 Å². The first-order valence-corrected chi connectivity index (χ1v) is 8.31. The third kappa shape index (κ3) is 3.70. The minimum atomic E-state index is 0.104. The molecule has 1 aromatic rings. The van der Waals surface area contributed by atoms with Gasteiger partial charge in [0.2, 0.25) is 5.91 Å². The van der Waals surface area contributed by atoms with Crippen LogP contribution in [-0.4, -0.2) is 65.2 Å². The molecule has 1 unspecified atom stereocenters. The van der Waals surface area contributed by atoms with E-state index in [-0.39, 0.29) is 11.8 Å². The fraction of sp³-hybridized carbons (Fsp3) is 0.800. The molecule has 8 nitrogen and oxygen atoms in total. The molecule has 3 aliphatic rings. The SMILES string of the molecule is COCCNC(=O)[C@H]1CN2CC[C@@H]1C[C@@H]2Cn1cc(CN)nn1. The lowest BCUT2D eigenvalue weighted by Crippen LogP contribution is -2.58. The molecule has 3 fully saturated rings. The second-order valence-electron chi connectivity index (χ2n) is 6.46. The predicted molar refractivity (Wildman–Crippen MR) is 84.4 cm³/mol. The van der Waals surface area contributed by atoms with Crippen LogP contribution in [0.25, 0.3) is 0 Å². The van der Waals surface area contributed by atoms with E-state index in [1.54, 1.807) is 7.11 Å². The monoisotopic (exact) mass is 322 g/mol. The second-order valence-corrected chi connectivity index (χ2v) is 6.46. The van der Waals surface area contributed by atoms with Crippen LogP contribution in [0.15, 0.2) is 6.20 Å². The van der Waals surface area contributed by atoms with Crippen LogP contribution >= 0.6 is 0 Å². The topological polar surface area (TPSA) is 98.3 Å². The summed E-state index contributed by atoms with van der Waals surface area (Å²) in [6, 6.07) is 0.434. The fourth-order valence-corrected chi connectivity index (χ4v) is 3.77. The number of rotatable bonds is 7. The first kappa shape index (κ1) is 16.4. The molecule has 128 valence electrons. The molecule has 23 heavy (non-hydrogen) atoms. The van der Waals surface area contributed by atoms with Gasteiger partial charge in [-0.2, -0.15) is 0 Å². The van der Waals surface area contributed by atoms with Gasteiger partial charge in [0.15, 0.2) is 0 Å². The van der Waals surface area contributed by atoms with Crippen LogP contribution < -0.4 is 11.1 Å². The highest BCUT2D eigenvalue weighted by Crippen LogP contribution is 2.36. The number of carbonyl (C=O) groups is 1. The Balaban J connectivity index is 1.55.